The first kappa shape index (κ1) is 25.3. The van der Waals surface area contributed by atoms with Gasteiger partial charge in [-0.2, -0.15) is 5.26 Å². The standard InChI is InChI=1S/C28H33N9O3/c29-12-28(6-7-28)16-2-3-18-19(11-16)36-21(35-18)4-1-15-9-17(10-15)31-8-5-20-23(38)24(39)27(40-20)37-14-34-22-25(30)32-13-33-26(22)37/h2-3,11,13-15,17,20,23-24,27,31,38-39H,1,4-10H2,(H,35,36)(H2,30,32,33)/t15-,17-,20-,23-,24-,27-/m1/s1. The molecule has 4 atom stereocenters. The number of H-pyrrole nitrogens is 1. The van der Waals surface area contributed by atoms with Crippen molar-refractivity contribution in [3.63, 3.8) is 0 Å². The number of benzene rings is 1. The molecule has 6 N–H and O–H groups in total. The van der Waals surface area contributed by atoms with Gasteiger partial charge in [0.1, 0.15) is 29.9 Å². The third-order valence-electron chi connectivity index (χ3n) is 8.93. The number of hydrogen-bond donors (Lipinski definition) is 5. The van der Waals surface area contributed by atoms with Gasteiger partial charge in [0.2, 0.25) is 0 Å². The molecule has 12 nitrogen and oxygen atoms in total. The van der Waals surface area contributed by atoms with Crippen LogP contribution < -0.4 is 11.1 Å². The summed E-state index contributed by atoms with van der Waals surface area (Å²) in [6, 6.07) is 9.09. The molecule has 12 heteroatoms. The number of nitrogens with two attached hydrogens (primary N) is 1. The molecule has 0 bridgehead atoms. The van der Waals surface area contributed by atoms with E-state index in [4.69, 9.17) is 15.5 Å². The van der Waals surface area contributed by atoms with Crippen molar-refractivity contribution < 1.29 is 14.9 Å². The molecule has 0 amide bonds. The van der Waals surface area contributed by atoms with Crippen LogP contribution in [-0.4, -0.2) is 70.6 Å². The summed E-state index contributed by atoms with van der Waals surface area (Å²) in [5.41, 5.74) is 9.54. The minimum absolute atomic E-state index is 0.255. The van der Waals surface area contributed by atoms with E-state index in [9.17, 15) is 15.5 Å². The van der Waals surface area contributed by atoms with Crippen LogP contribution in [-0.2, 0) is 16.6 Å². The quantitative estimate of drug-likeness (QED) is 0.209. The SMILES string of the molecule is N#CC1(c2ccc3[nH]c(CC[C@H]4C[C@H](NCC[C@H]5O[C@@H](n6cnc7c(N)ncnc76)[C@H](O)[C@@H]5O)C4)nc3c2)CC1. The number of nitrogens with one attached hydrogen (secondary N) is 2. The molecule has 0 unspecified atom stereocenters. The lowest BCUT2D eigenvalue weighted by Crippen LogP contribution is -2.43. The van der Waals surface area contributed by atoms with Crippen LogP contribution in [0.1, 0.15) is 56.1 Å². The third-order valence-corrected chi connectivity index (χ3v) is 8.93. The first-order valence-corrected chi connectivity index (χ1v) is 14.0. The van der Waals surface area contributed by atoms with E-state index in [0.717, 1.165) is 60.9 Å². The molecule has 3 aromatic heterocycles. The van der Waals surface area contributed by atoms with Gasteiger partial charge in [-0.1, -0.05) is 6.07 Å². The van der Waals surface area contributed by atoms with Crippen LogP contribution in [0.3, 0.4) is 0 Å². The lowest BCUT2D eigenvalue weighted by Gasteiger charge is -2.36. The summed E-state index contributed by atoms with van der Waals surface area (Å²) in [5, 5.41) is 34.3. The van der Waals surface area contributed by atoms with Gasteiger partial charge < -0.3 is 31.0 Å². The molecule has 2 aliphatic carbocycles. The monoisotopic (exact) mass is 543 g/mol. The molecule has 7 rings (SSSR count). The largest absolute Gasteiger partial charge is 0.388 e. The Balaban J connectivity index is 0.863. The Morgan fingerprint density at radius 2 is 2.02 bits per heavy atom. The molecule has 40 heavy (non-hydrogen) atoms. The Labute approximate surface area is 230 Å². The number of fused-ring (bicyclic) bond motifs is 2. The molecule has 3 aliphatic rings. The first-order chi connectivity index (χ1) is 19.4. The first-order valence-electron chi connectivity index (χ1n) is 14.0. The number of anilines is 1. The van der Waals surface area contributed by atoms with E-state index >= 15 is 0 Å². The summed E-state index contributed by atoms with van der Waals surface area (Å²) in [5.74, 6) is 1.91. The Bertz CT molecular complexity index is 1580. The van der Waals surface area contributed by atoms with Gasteiger partial charge in [0.25, 0.3) is 0 Å². The van der Waals surface area contributed by atoms with Crippen molar-refractivity contribution in [2.75, 3.05) is 12.3 Å². The molecule has 1 aromatic carbocycles. The minimum atomic E-state index is -1.10. The number of aliphatic hydroxyl groups excluding tert-OH is 2. The van der Waals surface area contributed by atoms with E-state index in [0.29, 0.717) is 36.1 Å². The number of aryl methyl sites for hydroxylation is 1. The van der Waals surface area contributed by atoms with Crippen LogP contribution >= 0.6 is 0 Å². The van der Waals surface area contributed by atoms with Crippen molar-refractivity contribution in [2.45, 2.75) is 80.9 Å². The van der Waals surface area contributed by atoms with Gasteiger partial charge in [-0.15, -0.1) is 0 Å². The van der Waals surface area contributed by atoms with Gasteiger partial charge in [0.15, 0.2) is 17.7 Å². The van der Waals surface area contributed by atoms with Crippen molar-refractivity contribution in [3.05, 3.63) is 42.2 Å². The maximum Gasteiger partial charge on any atom is 0.167 e. The Hall–Kier alpha value is -3.63. The topological polar surface area (TPSA) is 184 Å². The van der Waals surface area contributed by atoms with E-state index in [1.807, 2.05) is 0 Å². The molecule has 4 aromatic rings. The van der Waals surface area contributed by atoms with Crippen molar-refractivity contribution in [2.24, 2.45) is 5.92 Å². The molecule has 1 aliphatic heterocycles. The molecule has 208 valence electrons. The minimum Gasteiger partial charge on any atom is -0.388 e. The lowest BCUT2D eigenvalue weighted by molar-refractivity contribution is -0.0370. The Morgan fingerprint density at radius 1 is 1.18 bits per heavy atom. The molecule has 0 spiro atoms. The second kappa shape index (κ2) is 9.78. The van der Waals surface area contributed by atoms with E-state index in [1.165, 1.54) is 12.7 Å². The molecular formula is C28H33N9O3. The average molecular weight is 544 g/mol. The highest BCUT2D eigenvalue weighted by molar-refractivity contribution is 5.81. The van der Waals surface area contributed by atoms with Crippen LogP contribution in [0.4, 0.5) is 5.82 Å². The van der Waals surface area contributed by atoms with Crippen LogP contribution in [0.25, 0.3) is 22.2 Å². The van der Waals surface area contributed by atoms with Gasteiger partial charge >= 0.3 is 0 Å². The number of hydrogen-bond acceptors (Lipinski definition) is 10. The molecule has 0 radical (unpaired) electrons. The number of aromatic amines is 1. The molecular weight excluding hydrogens is 510 g/mol. The van der Waals surface area contributed by atoms with Crippen LogP contribution in [0.2, 0.25) is 0 Å². The predicted molar refractivity (Wildman–Crippen MR) is 146 cm³/mol. The fourth-order valence-electron chi connectivity index (χ4n) is 6.23. The summed E-state index contributed by atoms with van der Waals surface area (Å²) in [6.45, 7) is 0.689. The Morgan fingerprint density at radius 3 is 2.83 bits per heavy atom. The highest BCUT2D eigenvalue weighted by atomic mass is 16.6. The number of nitrogen functional groups attached to an aromatic ring is 1. The van der Waals surface area contributed by atoms with Gasteiger partial charge in [0, 0.05) is 12.5 Å². The Kier molecular flexibility index (Phi) is 6.20. The zero-order chi connectivity index (χ0) is 27.4. The second-order valence-corrected chi connectivity index (χ2v) is 11.6. The molecule has 2 saturated carbocycles. The number of aromatic nitrogens is 6. The summed E-state index contributed by atoms with van der Waals surface area (Å²) < 4.78 is 7.64. The number of rotatable bonds is 9. The molecule has 3 fully saturated rings. The van der Waals surface area contributed by atoms with Gasteiger partial charge in [0.05, 0.1) is 34.9 Å². The smallest absolute Gasteiger partial charge is 0.167 e. The van der Waals surface area contributed by atoms with Crippen LogP contribution in [0, 0.1) is 17.2 Å². The second-order valence-electron chi connectivity index (χ2n) is 11.6. The lowest BCUT2D eigenvalue weighted by atomic mass is 9.77. The summed E-state index contributed by atoms with van der Waals surface area (Å²) in [7, 11) is 0. The summed E-state index contributed by atoms with van der Waals surface area (Å²) in [4.78, 5) is 20.6. The van der Waals surface area contributed by atoms with E-state index in [-0.39, 0.29) is 11.2 Å². The molecule has 4 heterocycles. The normalized spacial score (nSPS) is 29.0. The predicted octanol–water partition coefficient (Wildman–Crippen LogP) is 1.85. The van der Waals surface area contributed by atoms with Crippen LogP contribution in [0.15, 0.2) is 30.9 Å². The fraction of sp³-hybridized carbons (Fsp3) is 0.536. The van der Waals surface area contributed by atoms with Gasteiger partial charge in [-0.3, -0.25) is 4.57 Å². The number of aliphatic hydroxyl groups is 2. The number of imidazole rings is 2. The number of nitrogens with zero attached hydrogens (tertiary/aromatic N) is 6. The average Bonchev–Trinajstić information content (AvgIpc) is 3.30. The number of ether oxygens (including phenoxy) is 1. The van der Waals surface area contributed by atoms with Crippen LogP contribution in [0.5, 0.6) is 0 Å². The summed E-state index contributed by atoms with van der Waals surface area (Å²) in [6.07, 6.45) is 6.10. The van der Waals surface area contributed by atoms with E-state index in [1.54, 1.807) is 4.57 Å². The fourth-order valence-corrected chi connectivity index (χ4v) is 6.23. The van der Waals surface area contributed by atoms with Crippen molar-refractivity contribution in [1.82, 2.24) is 34.8 Å². The molecule has 1 saturated heterocycles. The number of nitriles is 1. The van der Waals surface area contributed by atoms with Crippen molar-refractivity contribution in [1.29, 1.82) is 5.26 Å². The van der Waals surface area contributed by atoms with E-state index < -0.39 is 24.5 Å². The highest BCUT2D eigenvalue weighted by Crippen LogP contribution is 2.48. The maximum atomic E-state index is 10.7. The van der Waals surface area contributed by atoms with Crippen molar-refractivity contribution >= 4 is 28.0 Å². The van der Waals surface area contributed by atoms with Gasteiger partial charge in [-0.25, -0.2) is 19.9 Å². The summed E-state index contributed by atoms with van der Waals surface area (Å²) >= 11 is 0. The van der Waals surface area contributed by atoms with Crippen molar-refractivity contribution in [3.8, 4) is 6.07 Å². The van der Waals surface area contributed by atoms with Gasteiger partial charge in [-0.05, 0) is 68.7 Å². The van der Waals surface area contributed by atoms with E-state index in [2.05, 4.69) is 49.5 Å². The third kappa shape index (κ3) is 4.39. The zero-order valence-corrected chi connectivity index (χ0v) is 22.1. The highest BCUT2D eigenvalue weighted by Gasteiger charge is 2.45. The zero-order valence-electron chi connectivity index (χ0n) is 22.1. The maximum absolute atomic E-state index is 10.7.